The summed E-state index contributed by atoms with van der Waals surface area (Å²) in [6.45, 7) is 12.6. The highest BCUT2D eigenvalue weighted by Crippen LogP contribution is 2.24. The Morgan fingerprint density at radius 1 is 1.10 bits per heavy atom. The summed E-state index contributed by atoms with van der Waals surface area (Å²) in [5.74, 6) is 0.392. The van der Waals surface area contributed by atoms with Crippen molar-refractivity contribution in [1.82, 2.24) is 0 Å². The lowest BCUT2D eigenvalue weighted by molar-refractivity contribution is 0.0697. The van der Waals surface area contributed by atoms with E-state index in [9.17, 15) is 9.90 Å². The Morgan fingerprint density at radius 3 is 2.05 bits per heavy atom. The quantitative estimate of drug-likeness (QED) is 0.761. The van der Waals surface area contributed by atoms with Gasteiger partial charge in [0, 0.05) is 13.1 Å². The molecule has 0 atom stereocenters. The number of aryl methyl sites for hydroxylation is 1. The van der Waals surface area contributed by atoms with E-state index in [1.807, 2.05) is 19.1 Å². The first-order valence-electron chi connectivity index (χ1n) is 7.90. The van der Waals surface area contributed by atoms with Gasteiger partial charge in [-0.3, -0.25) is 0 Å². The van der Waals surface area contributed by atoms with Gasteiger partial charge in [0.1, 0.15) is 0 Å². The maximum atomic E-state index is 11.5. The highest BCUT2D eigenvalue weighted by atomic mass is 16.4. The van der Waals surface area contributed by atoms with Gasteiger partial charge in [0.2, 0.25) is 0 Å². The Hall–Kier alpha value is -1.51. The molecule has 1 N–H and O–H groups in total. The number of anilines is 1. The lowest BCUT2D eigenvalue weighted by atomic mass is 10.0. The first kappa shape index (κ1) is 17.5. The van der Waals surface area contributed by atoms with E-state index in [0.29, 0.717) is 17.4 Å². The van der Waals surface area contributed by atoms with Gasteiger partial charge in [-0.1, -0.05) is 39.3 Å². The Kier molecular flexibility index (Phi) is 6.73. The fraction of sp³-hybridized carbons (Fsp3) is 0.611. The second-order valence-electron chi connectivity index (χ2n) is 6.68. The molecule has 0 radical (unpaired) electrons. The van der Waals surface area contributed by atoms with Gasteiger partial charge >= 0.3 is 5.97 Å². The first-order chi connectivity index (χ1) is 9.81. The average Bonchev–Trinajstić information content (AvgIpc) is 2.38. The molecule has 0 aliphatic carbocycles. The lowest BCUT2D eigenvalue weighted by Crippen LogP contribution is -2.29. The van der Waals surface area contributed by atoms with E-state index in [2.05, 4.69) is 32.6 Å². The number of carbonyl (C=O) groups is 1. The molecule has 3 nitrogen and oxygen atoms in total. The van der Waals surface area contributed by atoms with Gasteiger partial charge < -0.3 is 10.0 Å². The van der Waals surface area contributed by atoms with Crippen LogP contribution in [0.2, 0.25) is 0 Å². The number of hydrogen-bond donors (Lipinski definition) is 1. The number of carboxylic acid groups (broad SMARTS) is 1. The molecule has 0 spiro atoms. The van der Waals surface area contributed by atoms with Crippen molar-refractivity contribution in [2.75, 3.05) is 18.0 Å². The maximum Gasteiger partial charge on any atom is 0.337 e. The number of benzene rings is 1. The maximum absolute atomic E-state index is 11.5. The van der Waals surface area contributed by atoms with Crippen LogP contribution in [0.25, 0.3) is 0 Å². The molecule has 0 fully saturated rings. The van der Waals surface area contributed by atoms with E-state index in [1.54, 1.807) is 6.07 Å². The molecule has 0 amide bonds. The summed E-state index contributed by atoms with van der Waals surface area (Å²) in [5.41, 5.74) is 2.26. The predicted octanol–water partition coefficient (Wildman–Crippen LogP) is 4.59. The standard InChI is InChI=1S/C18H29NO2/c1-13(2)8-10-19(11-9-14(3)4)17-7-6-15(5)12-16(17)18(20)21/h6-7,12-14H,8-11H2,1-5H3,(H,20,21). The highest BCUT2D eigenvalue weighted by molar-refractivity contribution is 5.94. The molecular weight excluding hydrogens is 262 g/mol. The average molecular weight is 291 g/mol. The van der Waals surface area contributed by atoms with Gasteiger partial charge in [-0.25, -0.2) is 4.79 Å². The van der Waals surface area contributed by atoms with Crippen molar-refractivity contribution >= 4 is 11.7 Å². The number of carboxylic acids is 1. The van der Waals surface area contributed by atoms with E-state index in [0.717, 1.165) is 37.2 Å². The zero-order chi connectivity index (χ0) is 16.0. The van der Waals surface area contributed by atoms with E-state index >= 15 is 0 Å². The molecule has 0 heterocycles. The summed E-state index contributed by atoms with van der Waals surface area (Å²) >= 11 is 0. The topological polar surface area (TPSA) is 40.5 Å². The summed E-state index contributed by atoms with van der Waals surface area (Å²) in [6, 6.07) is 5.73. The SMILES string of the molecule is Cc1ccc(N(CCC(C)C)CCC(C)C)c(C(=O)O)c1. The van der Waals surface area contributed by atoms with E-state index in [-0.39, 0.29) is 0 Å². The molecule has 0 saturated heterocycles. The summed E-state index contributed by atoms with van der Waals surface area (Å²) < 4.78 is 0. The van der Waals surface area contributed by atoms with Crippen LogP contribution in [-0.2, 0) is 0 Å². The van der Waals surface area contributed by atoms with Gasteiger partial charge in [-0.2, -0.15) is 0 Å². The molecular formula is C18H29NO2. The van der Waals surface area contributed by atoms with E-state index < -0.39 is 5.97 Å². The van der Waals surface area contributed by atoms with Crippen LogP contribution in [0.3, 0.4) is 0 Å². The van der Waals surface area contributed by atoms with E-state index in [1.165, 1.54) is 0 Å². The van der Waals surface area contributed by atoms with Gasteiger partial charge in [-0.05, 0) is 43.7 Å². The Labute approximate surface area is 129 Å². The van der Waals surface area contributed by atoms with Gasteiger partial charge in [0.25, 0.3) is 0 Å². The number of rotatable bonds is 8. The molecule has 0 unspecified atom stereocenters. The number of hydrogen-bond acceptors (Lipinski definition) is 2. The third-order valence-electron chi connectivity index (χ3n) is 3.68. The van der Waals surface area contributed by atoms with Crippen LogP contribution >= 0.6 is 0 Å². The van der Waals surface area contributed by atoms with Crippen LogP contribution < -0.4 is 4.90 Å². The molecule has 0 aromatic heterocycles. The van der Waals surface area contributed by atoms with Crippen molar-refractivity contribution in [3.8, 4) is 0 Å². The van der Waals surface area contributed by atoms with Gasteiger partial charge in [0.15, 0.2) is 0 Å². The second-order valence-corrected chi connectivity index (χ2v) is 6.68. The minimum Gasteiger partial charge on any atom is -0.478 e. The largest absolute Gasteiger partial charge is 0.478 e. The highest BCUT2D eigenvalue weighted by Gasteiger charge is 2.16. The Morgan fingerprint density at radius 2 is 1.62 bits per heavy atom. The lowest BCUT2D eigenvalue weighted by Gasteiger charge is -2.28. The monoisotopic (exact) mass is 291 g/mol. The molecule has 1 rings (SSSR count). The van der Waals surface area contributed by atoms with Crippen LogP contribution in [-0.4, -0.2) is 24.2 Å². The summed E-state index contributed by atoms with van der Waals surface area (Å²) in [4.78, 5) is 13.8. The molecule has 0 aliphatic rings. The zero-order valence-corrected chi connectivity index (χ0v) is 14.0. The van der Waals surface area contributed by atoms with Crippen molar-refractivity contribution in [1.29, 1.82) is 0 Å². The van der Waals surface area contributed by atoms with Crippen molar-refractivity contribution in [2.45, 2.75) is 47.5 Å². The number of nitrogens with zero attached hydrogens (tertiary/aromatic N) is 1. The van der Waals surface area contributed by atoms with Crippen LogP contribution in [0.15, 0.2) is 18.2 Å². The Bertz CT molecular complexity index is 454. The number of aromatic carboxylic acids is 1. The van der Waals surface area contributed by atoms with Crippen LogP contribution in [0.4, 0.5) is 5.69 Å². The summed E-state index contributed by atoms with van der Waals surface area (Å²) in [5, 5.41) is 9.47. The molecule has 118 valence electrons. The predicted molar refractivity (Wildman–Crippen MR) is 89.3 cm³/mol. The molecule has 0 aliphatic heterocycles. The van der Waals surface area contributed by atoms with Crippen molar-refractivity contribution in [3.05, 3.63) is 29.3 Å². The Balaban J connectivity index is 3.02. The second kappa shape index (κ2) is 8.06. The third kappa shape index (κ3) is 5.78. The first-order valence-corrected chi connectivity index (χ1v) is 7.90. The molecule has 1 aromatic rings. The van der Waals surface area contributed by atoms with Gasteiger partial charge in [-0.15, -0.1) is 0 Å². The summed E-state index contributed by atoms with van der Waals surface area (Å²) in [7, 11) is 0. The molecule has 1 aromatic carbocycles. The van der Waals surface area contributed by atoms with Crippen molar-refractivity contribution in [3.63, 3.8) is 0 Å². The molecule has 3 heteroatoms. The molecule has 0 bridgehead atoms. The fourth-order valence-corrected chi connectivity index (χ4v) is 2.28. The molecule has 0 saturated carbocycles. The fourth-order valence-electron chi connectivity index (χ4n) is 2.28. The zero-order valence-electron chi connectivity index (χ0n) is 14.0. The van der Waals surface area contributed by atoms with Gasteiger partial charge in [0.05, 0.1) is 11.3 Å². The van der Waals surface area contributed by atoms with Crippen LogP contribution in [0.5, 0.6) is 0 Å². The minimum absolute atomic E-state index is 0.419. The minimum atomic E-state index is -0.840. The van der Waals surface area contributed by atoms with Crippen molar-refractivity contribution < 1.29 is 9.90 Å². The van der Waals surface area contributed by atoms with Crippen LogP contribution in [0, 0.1) is 18.8 Å². The van der Waals surface area contributed by atoms with Crippen LogP contribution in [0.1, 0.15) is 56.5 Å². The smallest absolute Gasteiger partial charge is 0.337 e. The normalized spacial score (nSPS) is 11.2. The summed E-state index contributed by atoms with van der Waals surface area (Å²) in [6.07, 6.45) is 2.15. The third-order valence-corrected chi connectivity index (χ3v) is 3.68. The molecule has 21 heavy (non-hydrogen) atoms. The van der Waals surface area contributed by atoms with Crippen molar-refractivity contribution in [2.24, 2.45) is 11.8 Å². The van der Waals surface area contributed by atoms with E-state index in [4.69, 9.17) is 0 Å².